The van der Waals surface area contributed by atoms with E-state index in [1.54, 1.807) is 12.1 Å². The number of nitrogen functional groups attached to an aromatic ring is 1. The van der Waals surface area contributed by atoms with Crippen LogP contribution in [-0.4, -0.2) is 47.6 Å². The van der Waals surface area contributed by atoms with Crippen LogP contribution in [0.25, 0.3) is 22.5 Å². The minimum absolute atomic E-state index is 0.210. The van der Waals surface area contributed by atoms with Crippen molar-refractivity contribution >= 4 is 28.8 Å². The van der Waals surface area contributed by atoms with E-state index >= 15 is 0 Å². The highest BCUT2D eigenvalue weighted by atomic mass is 16.5. The van der Waals surface area contributed by atoms with Gasteiger partial charge in [0.25, 0.3) is 0 Å². The van der Waals surface area contributed by atoms with Crippen LogP contribution in [0.15, 0.2) is 28.7 Å². The molecule has 0 spiro atoms. The van der Waals surface area contributed by atoms with Crippen molar-refractivity contribution in [1.29, 1.82) is 5.41 Å². The second-order valence-electron chi connectivity index (χ2n) is 6.01. The van der Waals surface area contributed by atoms with Crippen molar-refractivity contribution in [2.24, 2.45) is 0 Å². The van der Waals surface area contributed by atoms with E-state index in [2.05, 4.69) is 9.88 Å². The molecule has 4 N–H and O–H groups in total. The Kier molecular flexibility index (Phi) is 4.27. The fourth-order valence-corrected chi connectivity index (χ4v) is 3.09. The number of aliphatic hydroxyl groups excluding tert-OH is 1. The Hall–Kier alpha value is -2.97. The van der Waals surface area contributed by atoms with Crippen LogP contribution in [0.3, 0.4) is 0 Å². The molecule has 1 aromatic carbocycles. The molecule has 0 atom stereocenters. The van der Waals surface area contributed by atoms with Gasteiger partial charge in [0.15, 0.2) is 17.2 Å². The average molecular weight is 353 g/mol. The number of morpholine rings is 1. The minimum Gasteiger partial charge on any atom is -0.453 e. The van der Waals surface area contributed by atoms with Gasteiger partial charge < -0.3 is 30.3 Å². The number of hydrogen-bond acceptors (Lipinski definition) is 8. The number of nitrogens with zero attached hydrogens (tertiary/aromatic N) is 3. The molecule has 4 rings (SSSR count). The zero-order valence-corrected chi connectivity index (χ0v) is 14.1. The summed E-state index contributed by atoms with van der Waals surface area (Å²) in [6, 6.07) is 7.11. The third kappa shape index (κ3) is 2.79. The summed E-state index contributed by atoms with van der Waals surface area (Å²) in [5, 5.41) is 17.1. The lowest BCUT2D eigenvalue weighted by atomic mass is 10.1. The number of furan rings is 1. The second kappa shape index (κ2) is 6.74. The largest absolute Gasteiger partial charge is 0.453 e. The van der Waals surface area contributed by atoms with Gasteiger partial charge in [0.2, 0.25) is 0 Å². The summed E-state index contributed by atoms with van der Waals surface area (Å²) < 4.78 is 11.2. The van der Waals surface area contributed by atoms with Crippen LogP contribution >= 0.6 is 0 Å². The van der Waals surface area contributed by atoms with Gasteiger partial charge in [-0.15, -0.1) is 0 Å². The monoisotopic (exact) mass is 353 g/mol. The maximum atomic E-state index is 9.42. The molecule has 3 heterocycles. The number of nitrogens with one attached hydrogen (secondary N) is 1. The first kappa shape index (κ1) is 16.5. The van der Waals surface area contributed by atoms with Crippen molar-refractivity contribution in [1.82, 2.24) is 9.97 Å². The second-order valence-corrected chi connectivity index (χ2v) is 6.01. The Morgan fingerprint density at radius 2 is 2.08 bits per heavy atom. The molecular formula is C18H19N5O3. The predicted molar refractivity (Wildman–Crippen MR) is 98.5 cm³/mol. The summed E-state index contributed by atoms with van der Waals surface area (Å²) in [6.07, 6.45) is 1.21. The molecule has 0 saturated carbocycles. The van der Waals surface area contributed by atoms with Crippen LogP contribution in [-0.2, 0) is 11.3 Å². The summed E-state index contributed by atoms with van der Waals surface area (Å²) >= 11 is 0. The normalized spacial score (nSPS) is 14.7. The Bertz CT molecular complexity index is 963. The first-order chi connectivity index (χ1) is 12.7. The zero-order valence-electron chi connectivity index (χ0n) is 14.1. The quantitative estimate of drug-likeness (QED) is 0.483. The van der Waals surface area contributed by atoms with E-state index in [0.717, 1.165) is 0 Å². The molecule has 2 aromatic heterocycles. The number of fused-ring (bicyclic) bond motifs is 1. The Labute approximate surface area is 149 Å². The van der Waals surface area contributed by atoms with Gasteiger partial charge in [-0.3, -0.25) is 0 Å². The lowest BCUT2D eigenvalue weighted by molar-refractivity contribution is 0.122. The third-order valence-corrected chi connectivity index (χ3v) is 4.40. The molecule has 1 fully saturated rings. The highest BCUT2D eigenvalue weighted by molar-refractivity contribution is 5.95. The van der Waals surface area contributed by atoms with E-state index in [-0.39, 0.29) is 6.61 Å². The van der Waals surface area contributed by atoms with Gasteiger partial charge in [0, 0.05) is 42.2 Å². The summed E-state index contributed by atoms with van der Waals surface area (Å²) in [7, 11) is 0. The summed E-state index contributed by atoms with van der Waals surface area (Å²) in [5.41, 5.74) is 8.91. The van der Waals surface area contributed by atoms with E-state index in [1.807, 2.05) is 12.1 Å². The van der Waals surface area contributed by atoms with Crippen LogP contribution in [0.1, 0.15) is 11.3 Å². The van der Waals surface area contributed by atoms with Crippen molar-refractivity contribution in [3.05, 3.63) is 35.6 Å². The highest BCUT2D eigenvalue weighted by Crippen LogP contribution is 2.32. The molecule has 1 saturated heterocycles. The van der Waals surface area contributed by atoms with Crippen LogP contribution in [0.2, 0.25) is 0 Å². The standard InChI is InChI=1S/C18H19N5O3/c19-9-13-12(2-1-3-14(13)20)17-21-15-8-11(10-24)26-16(15)18(22-17)23-4-6-25-7-5-23/h1-3,8-9,19,24H,4-7,10,20H2. The lowest BCUT2D eigenvalue weighted by Gasteiger charge is -2.28. The van der Waals surface area contributed by atoms with Crippen molar-refractivity contribution in [2.45, 2.75) is 6.61 Å². The number of ether oxygens (including phenoxy) is 1. The van der Waals surface area contributed by atoms with Crippen molar-refractivity contribution in [3.8, 4) is 11.4 Å². The topological polar surface area (TPSA) is 121 Å². The summed E-state index contributed by atoms with van der Waals surface area (Å²) in [5.74, 6) is 1.56. The Balaban J connectivity index is 1.93. The Morgan fingerprint density at radius 1 is 1.27 bits per heavy atom. The number of hydrogen-bond donors (Lipinski definition) is 3. The fraction of sp³-hybridized carbons (Fsp3) is 0.278. The van der Waals surface area contributed by atoms with E-state index in [9.17, 15) is 5.11 Å². The summed E-state index contributed by atoms with van der Waals surface area (Å²) in [6.45, 7) is 2.39. The SMILES string of the molecule is N=Cc1c(N)cccc1-c1nc(N2CCOCC2)c2oc(CO)cc2n1. The summed E-state index contributed by atoms with van der Waals surface area (Å²) in [4.78, 5) is 11.4. The molecule has 0 amide bonds. The number of benzene rings is 1. The van der Waals surface area contributed by atoms with Gasteiger partial charge in [0.1, 0.15) is 17.9 Å². The van der Waals surface area contributed by atoms with Crippen LogP contribution in [0, 0.1) is 5.41 Å². The first-order valence-corrected chi connectivity index (χ1v) is 8.34. The van der Waals surface area contributed by atoms with E-state index in [4.69, 9.17) is 25.3 Å². The van der Waals surface area contributed by atoms with Gasteiger partial charge in [-0.05, 0) is 6.07 Å². The molecule has 8 heteroatoms. The molecule has 1 aliphatic rings. The van der Waals surface area contributed by atoms with Crippen molar-refractivity contribution in [2.75, 3.05) is 36.9 Å². The number of anilines is 2. The number of aromatic nitrogens is 2. The third-order valence-electron chi connectivity index (χ3n) is 4.40. The molecule has 0 radical (unpaired) electrons. The van der Waals surface area contributed by atoms with Gasteiger partial charge in [0.05, 0.1) is 13.2 Å². The van der Waals surface area contributed by atoms with Crippen LogP contribution < -0.4 is 10.6 Å². The van der Waals surface area contributed by atoms with Crippen molar-refractivity contribution < 1.29 is 14.3 Å². The van der Waals surface area contributed by atoms with Gasteiger partial charge in [-0.25, -0.2) is 9.97 Å². The van der Waals surface area contributed by atoms with Crippen molar-refractivity contribution in [3.63, 3.8) is 0 Å². The molecular weight excluding hydrogens is 334 g/mol. The van der Waals surface area contributed by atoms with E-state index in [0.29, 0.717) is 71.6 Å². The molecule has 0 aliphatic carbocycles. The Morgan fingerprint density at radius 3 is 2.81 bits per heavy atom. The smallest absolute Gasteiger partial charge is 0.195 e. The predicted octanol–water partition coefficient (Wildman–Crippen LogP) is 1.80. The van der Waals surface area contributed by atoms with E-state index in [1.165, 1.54) is 6.21 Å². The molecule has 8 nitrogen and oxygen atoms in total. The lowest BCUT2D eigenvalue weighted by Crippen LogP contribution is -2.37. The molecule has 3 aromatic rings. The zero-order chi connectivity index (χ0) is 18.1. The van der Waals surface area contributed by atoms with Gasteiger partial charge in [-0.2, -0.15) is 0 Å². The van der Waals surface area contributed by atoms with E-state index < -0.39 is 0 Å². The first-order valence-electron chi connectivity index (χ1n) is 8.34. The number of nitrogens with two attached hydrogens (primary N) is 1. The van der Waals surface area contributed by atoms with Gasteiger partial charge >= 0.3 is 0 Å². The molecule has 26 heavy (non-hydrogen) atoms. The molecule has 0 bridgehead atoms. The molecule has 134 valence electrons. The maximum absolute atomic E-state index is 9.42. The number of aliphatic hydroxyl groups is 1. The van der Waals surface area contributed by atoms with Crippen LogP contribution in [0.4, 0.5) is 11.5 Å². The van der Waals surface area contributed by atoms with Gasteiger partial charge in [-0.1, -0.05) is 12.1 Å². The highest BCUT2D eigenvalue weighted by Gasteiger charge is 2.22. The maximum Gasteiger partial charge on any atom is 0.195 e. The molecule has 0 unspecified atom stereocenters. The average Bonchev–Trinajstić information content (AvgIpc) is 3.11. The fourth-order valence-electron chi connectivity index (χ4n) is 3.09. The minimum atomic E-state index is -0.210. The molecule has 1 aliphatic heterocycles. The van der Waals surface area contributed by atoms with Crippen LogP contribution in [0.5, 0.6) is 0 Å². The number of rotatable bonds is 4.